The number of carbonyl (C=O) groups excluding carboxylic acids is 2. The first-order chi connectivity index (χ1) is 8.63. The molecule has 1 atom stereocenters. The van der Waals surface area contributed by atoms with E-state index in [2.05, 4.69) is 0 Å². The van der Waals surface area contributed by atoms with Gasteiger partial charge in [0, 0.05) is 12.6 Å². The van der Waals surface area contributed by atoms with Gasteiger partial charge >= 0.3 is 5.97 Å². The zero-order valence-electron chi connectivity index (χ0n) is 10.4. The lowest BCUT2D eigenvalue weighted by atomic mass is 10.0. The highest BCUT2D eigenvalue weighted by Crippen LogP contribution is 2.09. The van der Waals surface area contributed by atoms with Crippen molar-refractivity contribution in [2.45, 2.75) is 26.4 Å². The molecule has 0 saturated heterocycles. The van der Waals surface area contributed by atoms with Gasteiger partial charge in [-0.15, -0.1) is 0 Å². The zero-order valence-corrected chi connectivity index (χ0v) is 10.4. The van der Waals surface area contributed by atoms with Crippen LogP contribution in [0.3, 0.4) is 0 Å². The van der Waals surface area contributed by atoms with E-state index in [4.69, 9.17) is 10.1 Å². The maximum absolute atomic E-state index is 11.7. The van der Waals surface area contributed by atoms with E-state index in [0.717, 1.165) is 11.8 Å². The van der Waals surface area contributed by atoms with E-state index in [1.165, 1.54) is 6.92 Å². The monoisotopic (exact) mass is 247 g/mol. The van der Waals surface area contributed by atoms with E-state index < -0.39 is 11.9 Å². The van der Waals surface area contributed by atoms with E-state index in [0.29, 0.717) is 12.8 Å². The summed E-state index contributed by atoms with van der Waals surface area (Å²) in [4.78, 5) is 22.5. The number of ether oxygens (including phenoxy) is 1. The number of benzene rings is 1. The molecule has 1 rings (SSSR count). The number of rotatable bonds is 7. The Labute approximate surface area is 106 Å². The van der Waals surface area contributed by atoms with Crippen molar-refractivity contribution in [2.24, 2.45) is 5.92 Å². The minimum absolute atomic E-state index is 0.0118. The van der Waals surface area contributed by atoms with Gasteiger partial charge in [-0.3, -0.25) is 4.79 Å². The molecule has 0 aliphatic heterocycles. The van der Waals surface area contributed by atoms with Gasteiger partial charge in [-0.1, -0.05) is 30.3 Å². The summed E-state index contributed by atoms with van der Waals surface area (Å²) in [6.07, 6.45) is 1.67. The van der Waals surface area contributed by atoms with Crippen LogP contribution in [0, 0.1) is 11.3 Å². The third-order valence-electron chi connectivity index (χ3n) is 2.54. The fourth-order valence-corrected chi connectivity index (χ4v) is 1.46. The molecule has 0 aliphatic carbocycles. The van der Waals surface area contributed by atoms with Crippen molar-refractivity contribution in [2.75, 3.05) is 0 Å². The van der Waals surface area contributed by atoms with Crippen molar-refractivity contribution in [3.8, 4) is 0 Å². The lowest BCUT2D eigenvalue weighted by molar-refractivity contribution is -0.147. The van der Waals surface area contributed by atoms with Crippen molar-refractivity contribution in [1.29, 1.82) is 5.41 Å². The van der Waals surface area contributed by atoms with Gasteiger partial charge in [-0.2, -0.15) is 0 Å². The highest BCUT2D eigenvalue weighted by atomic mass is 16.5. The topological polar surface area (TPSA) is 67.2 Å². The third kappa shape index (κ3) is 4.91. The molecule has 0 aromatic heterocycles. The lowest BCUT2D eigenvalue weighted by Gasteiger charge is -2.10. The molecular weight excluding hydrogens is 230 g/mol. The van der Waals surface area contributed by atoms with Crippen molar-refractivity contribution in [3.05, 3.63) is 35.9 Å². The summed E-state index contributed by atoms with van der Waals surface area (Å²) in [5.74, 6) is -1.06. The molecule has 0 spiro atoms. The fourth-order valence-electron chi connectivity index (χ4n) is 1.46. The number of ketones is 1. The first-order valence-corrected chi connectivity index (χ1v) is 5.84. The minimum Gasteiger partial charge on any atom is -0.460 e. The molecule has 96 valence electrons. The first kappa shape index (κ1) is 14.1. The molecule has 0 radical (unpaired) electrons. The van der Waals surface area contributed by atoms with Crippen molar-refractivity contribution in [1.82, 2.24) is 0 Å². The van der Waals surface area contributed by atoms with Gasteiger partial charge in [0.2, 0.25) is 0 Å². The van der Waals surface area contributed by atoms with Crippen LogP contribution in [0.15, 0.2) is 30.3 Å². The molecule has 0 heterocycles. The van der Waals surface area contributed by atoms with Gasteiger partial charge in [-0.05, 0) is 18.9 Å². The van der Waals surface area contributed by atoms with E-state index in [1.807, 2.05) is 30.3 Å². The lowest BCUT2D eigenvalue weighted by Crippen LogP contribution is -2.19. The van der Waals surface area contributed by atoms with Crippen LogP contribution in [-0.4, -0.2) is 18.0 Å². The van der Waals surface area contributed by atoms with Crippen LogP contribution < -0.4 is 0 Å². The first-order valence-electron chi connectivity index (χ1n) is 5.84. The maximum atomic E-state index is 11.7. The van der Waals surface area contributed by atoms with Crippen molar-refractivity contribution >= 4 is 18.0 Å². The maximum Gasteiger partial charge on any atom is 0.314 e. The summed E-state index contributed by atoms with van der Waals surface area (Å²) in [6, 6.07) is 9.35. The molecule has 4 heteroatoms. The molecule has 1 aromatic carbocycles. The molecule has 0 amide bonds. The van der Waals surface area contributed by atoms with Gasteiger partial charge in [0.25, 0.3) is 0 Å². The fraction of sp³-hybridized carbons (Fsp3) is 0.357. The Kier molecular flexibility index (Phi) is 5.77. The van der Waals surface area contributed by atoms with Crippen molar-refractivity contribution in [3.63, 3.8) is 0 Å². The predicted molar refractivity (Wildman–Crippen MR) is 68.4 cm³/mol. The summed E-state index contributed by atoms with van der Waals surface area (Å²) >= 11 is 0. The Hall–Kier alpha value is -1.97. The summed E-state index contributed by atoms with van der Waals surface area (Å²) in [7, 11) is 0. The van der Waals surface area contributed by atoms with Gasteiger partial charge < -0.3 is 14.9 Å². The Balaban J connectivity index is 2.43. The summed E-state index contributed by atoms with van der Waals surface area (Å²) < 4.78 is 5.11. The van der Waals surface area contributed by atoms with Gasteiger partial charge in [-0.25, -0.2) is 0 Å². The average Bonchev–Trinajstić information content (AvgIpc) is 2.38. The number of hydrogen-bond acceptors (Lipinski definition) is 4. The van der Waals surface area contributed by atoms with E-state index >= 15 is 0 Å². The second-order valence-electron chi connectivity index (χ2n) is 4.11. The number of Topliss-reactive ketones (excluding diaryl/α,β-unsaturated/α-hetero) is 1. The van der Waals surface area contributed by atoms with Gasteiger partial charge in [0.1, 0.15) is 12.4 Å². The molecule has 4 nitrogen and oxygen atoms in total. The van der Waals surface area contributed by atoms with Gasteiger partial charge in [0.15, 0.2) is 0 Å². The van der Waals surface area contributed by atoms with Crippen LogP contribution in [-0.2, 0) is 20.9 Å². The minimum atomic E-state index is -0.627. The van der Waals surface area contributed by atoms with Crippen LogP contribution in [0.4, 0.5) is 0 Å². The number of esters is 1. The Morgan fingerprint density at radius 3 is 2.56 bits per heavy atom. The SMILES string of the molecule is CC(=O)CC[C@H](C=N)C(=O)OCc1ccccc1. The molecule has 0 bridgehead atoms. The van der Waals surface area contributed by atoms with Crippen LogP contribution in [0.5, 0.6) is 0 Å². The molecule has 0 fully saturated rings. The molecule has 1 N–H and O–H groups in total. The normalized spacial score (nSPS) is 11.6. The van der Waals surface area contributed by atoms with Crippen LogP contribution >= 0.6 is 0 Å². The Bertz CT molecular complexity index is 414. The predicted octanol–water partition coefficient (Wildman–Crippen LogP) is 2.36. The molecule has 18 heavy (non-hydrogen) atoms. The number of hydrogen-bond donors (Lipinski definition) is 1. The highest BCUT2D eigenvalue weighted by molar-refractivity contribution is 5.89. The number of nitrogens with one attached hydrogen (secondary N) is 1. The number of carbonyl (C=O) groups is 2. The molecule has 0 aliphatic rings. The summed E-state index contributed by atoms with van der Waals surface area (Å²) in [6.45, 7) is 1.67. The molecule has 1 aromatic rings. The average molecular weight is 247 g/mol. The molecule has 0 unspecified atom stereocenters. The Morgan fingerprint density at radius 1 is 1.33 bits per heavy atom. The largest absolute Gasteiger partial charge is 0.460 e. The van der Waals surface area contributed by atoms with Gasteiger partial charge in [0.05, 0.1) is 5.92 Å². The quantitative estimate of drug-likeness (QED) is 0.594. The van der Waals surface area contributed by atoms with E-state index in [9.17, 15) is 9.59 Å². The Morgan fingerprint density at radius 2 is 2.00 bits per heavy atom. The van der Waals surface area contributed by atoms with Crippen LogP contribution in [0.1, 0.15) is 25.3 Å². The molecule has 0 saturated carbocycles. The second-order valence-corrected chi connectivity index (χ2v) is 4.11. The van der Waals surface area contributed by atoms with Crippen LogP contribution in [0.25, 0.3) is 0 Å². The van der Waals surface area contributed by atoms with E-state index in [1.54, 1.807) is 0 Å². The zero-order chi connectivity index (χ0) is 13.4. The smallest absolute Gasteiger partial charge is 0.314 e. The van der Waals surface area contributed by atoms with Crippen LogP contribution in [0.2, 0.25) is 0 Å². The highest BCUT2D eigenvalue weighted by Gasteiger charge is 2.17. The summed E-state index contributed by atoms with van der Waals surface area (Å²) in [5, 5.41) is 7.18. The standard InChI is InChI=1S/C14H17NO3/c1-11(16)7-8-13(9-15)14(17)18-10-12-5-3-2-4-6-12/h2-6,9,13,15H,7-8,10H2,1H3/t13-/m1/s1. The van der Waals surface area contributed by atoms with E-state index in [-0.39, 0.29) is 12.4 Å². The molecular formula is C14H17NO3. The summed E-state index contributed by atoms with van der Waals surface area (Å²) in [5.41, 5.74) is 0.904. The third-order valence-corrected chi connectivity index (χ3v) is 2.54. The van der Waals surface area contributed by atoms with Crippen molar-refractivity contribution < 1.29 is 14.3 Å². The second kappa shape index (κ2) is 7.37.